The molecule has 1 atom stereocenters. The number of benzene rings is 2. The molecule has 0 aliphatic carbocycles. The van der Waals surface area contributed by atoms with Crippen molar-refractivity contribution >= 4 is 38.6 Å². The summed E-state index contributed by atoms with van der Waals surface area (Å²) in [4.78, 5) is 27.2. The van der Waals surface area contributed by atoms with Crippen molar-refractivity contribution in [3.8, 4) is 0 Å². The van der Waals surface area contributed by atoms with E-state index in [2.05, 4.69) is 26.3 Å². The van der Waals surface area contributed by atoms with E-state index >= 15 is 0 Å². The molecule has 3 aromatic rings. The second-order valence-electron chi connectivity index (χ2n) is 8.27. The summed E-state index contributed by atoms with van der Waals surface area (Å²) in [7, 11) is 1.77. The molecular weight excluding hydrogens is 470 g/mol. The first kappa shape index (κ1) is 21.4. The van der Waals surface area contributed by atoms with Crippen molar-refractivity contribution in [2.75, 3.05) is 13.1 Å². The van der Waals surface area contributed by atoms with Crippen molar-refractivity contribution in [1.82, 2.24) is 20.0 Å². The van der Waals surface area contributed by atoms with Crippen LogP contribution in [0.1, 0.15) is 35.8 Å². The number of rotatable bonds is 4. The number of likely N-dealkylation sites (tertiary alicyclic amines) is 1. The van der Waals surface area contributed by atoms with Crippen LogP contribution in [-0.2, 0) is 11.8 Å². The van der Waals surface area contributed by atoms with Gasteiger partial charge in [0.05, 0.1) is 17.0 Å². The number of carbonyl (C=O) groups excluding carboxylic acids is 2. The van der Waals surface area contributed by atoms with E-state index in [4.69, 9.17) is 0 Å². The molecule has 2 aromatic carbocycles. The molecular formula is C22H21BrF2N4O2. The Bertz CT molecular complexity index is 1180. The number of carbonyl (C=O) groups is 2. The maximum Gasteiger partial charge on any atom is 0.272 e. The predicted molar refractivity (Wildman–Crippen MR) is 116 cm³/mol. The van der Waals surface area contributed by atoms with Crippen molar-refractivity contribution < 1.29 is 18.4 Å². The summed E-state index contributed by atoms with van der Waals surface area (Å²) >= 11 is 3.42. The zero-order chi connectivity index (χ0) is 22.5. The first-order valence-corrected chi connectivity index (χ1v) is 10.6. The van der Waals surface area contributed by atoms with Gasteiger partial charge in [-0.3, -0.25) is 14.3 Å². The highest BCUT2D eigenvalue weighted by atomic mass is 79.9. The average Bonchev–Trinajstić information content (AvgIpc) is 3.00. The minimum Gasteiger partial charge on any atom is -0.342 e. The molecule has 162 valence electrons. The Morgan fingerprint density at radius 3 is 2.45 bits per heavy atom. The van der Waals surface area contributed by atoms with Crippen LogP contribution < -0.4 is 5.32 Å². The van der Waals surface area contributed by atoms with Crippen molar-refractivity contribution in [2.24, 2.45) is 7.05 Å². The molecule has 1 aliphatic rings. The van der Waals surface area contributed by atoms with Gasteiger partial charge in [0.2, 0.25) is 5.91 Å². The van der Waals surface area contributed by atoms with Crippen LogP contribution >= 0.6 is 15.9 Å². The van der Waals surface area contributed by atoms with Gasteiger partial charge in [-0.05, 0) is 49.7 Å². The lowest BCUT2D eigenvalue weighted by Crippen LogP contribution is -2.70. The number of fused-ring (bicyclic) bond motifs is 1. The monoisotopic (exact) mass is 490 g/mol. The van der Waals surface area contributed by atoms with Gasteiger partial charge >= 0.3 is 0 Å². The standard InChI is InChI=1S/C22H21BrF2N4O2/c1-12(13-6-15(24)9-16(25)7-13)21(31)29-10-22(2,11-29)26-20(30)19-17-8-14(23)4-5-18(17)28(3)27-19/h4-9,12H,10-11H2,1-3H3,(H,26,30). The number of aromatic nitrogens is 2. The van der Waals surface area contributed by atoms with E-state index in [1.54, 1.807) is 23.6 Å². The SMILES string of the molecule is CC(C(=O)N1CC(C)(NC(=O)c2nn(C)c3ccc(Br)cc23)C1)c1cc(F)cc(F)c1. The molecule has 0 spiro atoms. The number of halogens is 3. The Morgan fingerprint density at radius 2 is 1.81 bits per heavy atom. The number of hydrogen-bond acceptors (Lipinski definition) is 3. The molecule has 0 saturated carbocycles. The number of hydrogen-bond donors (Lipinski definition) is 1. The largest absolute Gasteiger partial charge is 0.342 e. The van der Waals surface area contributed by atoms with E-state index in [0.717, 1.165) is 33.6 Å². The zero-order valence-corrected chi connectivity index (χ0v) is 18.8. The minimum absolute atomic E-state index is 0.246. The third kappa shape index (κ3) is 4.06. The molecule has 9 heteroatoms. The molecule has 1 unspecified atom stereocenters. The van der Waals surface area contributed by atoms with Crippen LogP contribution in [0.2, 0.25) is 0 Å². The van der Waals surface area contributed by atoms with Crippen LogP contribution in [0.25, 0.3) is 10.9 Å². The molecule has 1 aliphatic heterocycles. The van der Waals surface area contributed by atoms with Crippen LogP contribution in [0.4, 0.5) is 8.78 Å². The normalized spacial score (nSPS) is 16.1. The van der Waals surface area contributed by atoms with Gasteiger partial charge in [-0.1, -0.05) is 15.9 Å². The van der Waals surface area contributed by atoms with Gasteiger partial charge in [0.15, 0.2) is 5.69 Å². The fourth-order valence-corrected chi connectivity index (χ4v) is 4.37. The molecule has 0 bridgehead atoms. The number of aryl methyl sites for hydroxylation is 1. The second-order valence-corrected chi connectivity index (χ2v) is 9.18. The summed E-state index contributed by atoms with van der Waals surface area (Å²) in [5.41, 5.74) is 0.814. The summed E-state index contributed by atoms with van der Waals surface area (Å²) < 4.78 is 29.5. The summed E-state index contributed by atoms with van der Waals surface area (Å²) in [5, 5.41) is 8.04. The third-order valence-electron chi connectivity index (χ3n) is 5.59. The molecule has 31 heavy (non-hydrogen) atoms. The van der Waals surface area contributed by atoms with Crippen LogP contribution in [0.3, 0.4) is 0 Å². The van der Waals surface area contributed by atoms with Crippen LogP contribution in [-0.4, -0.2) is 45.1 Å². The van der Waals surface area contributed by atoms with Crippen molar-refractivity contribution in [3.05, 3.63) is 63.8 Å². The van der Waals surface area contributed by atoms with Crippen LogP contribution in [0.5, 0.6) is 0 Å². The van der Waals surface area contributed by atoms with Crippen molar-refractivity contribution in [1.29, 1.82) is 0 Å². The zero-order valence-electron chi connectivity index (χ0n) is 17.2. The maximum atomic E-state index is 13.5. The van der Waals surface area contributed by atoms with E-state index in [9.17, 15) is 18.4 Å². The predicted octanol–water partition coefficient (Wildman–Crippen LogP) is 3.75. The van der Waals surface area contributed by atoms with Crippen LogP contribution in [0.15, 0.2) is 40.9 Å². The molecule has 2 amide bonds. The smallest absolute Gasteiger partial charge is 0.272 e. The lowest BCUT2D eigenvalue weighted by atomic mass is 9.89. The highest BCUT2D eigenvalue weighted by molar-refractivity contribution is 9.10. The van der Waals surface area contributed by atoms with Gasteiger partial charge in [0.25, 0.3) is 5.91 Å². The molecule has 1 aromatic heterocycles. The molecule has 2 heterocycles. The first-order valence-electron chi connectivity index (χ1n) is 9.76. The molecule has 1 N–H and O–H groups in total. The second kappa shape index (κ2) is 7.71. The Hall–Kier alpha value is -2.81. The molecule has 4 rings (SSSR count). The van der Waals surface area contributed by atoms with Gasteiger partial charge < -0.3 is 10.2 Å². The Morgan fingerprint density at radius 1 is 1.16 bits per heavy atom. The quantitative estimate of drug-likeness (QED) is 0.605. The minimum atomic E-state index is -0.718. The van der Waals surface area contributed by atoms with Gasteiger partial charge in [-0.2, -0.15) is 5.10 Å². The number of nitrogens with zero attached hydrogens (tertiary/aromatic N) is 3. The van der Waals surface area contributed by atoms with E-state index in [-0.39, 0.29) is 17.4 Å². The summed E-state index contributed by atoms with van der Waals surface area (Å²) in [6.07, 6.45) is 0. The van der Waals surface area contributed by atoms with Crippen LogP contribution in [0, 0.1) is 11.6 Å². The Balaban J connectivity index is 1.44. The maximum absolute atomic E-state index is 13.5. The summed E-state index contributed by atoms with van der Waals surface area (Å²) in [6, 6.07) is 8.71. The number of amides is 2. The van der Waals surface area contributed by atoms with E-state index in [1.807, 2.05) is 25.1 Å². The van der Waals surface area contributed by atoms with Crippen molar-refractivity contribution in [3.63, 3.8) is 0 Å². The highest BCUT2D eigenvalue weighted by Crippen LogP contribution is 2.28. The Kier molecular flexibility index (Phi) is 5.33. The van der Waals surface area contributed by atoms with Crippen molar-refractivity contribution in [2.45, 2.75) is 25.3 Å². The fraction of sp³-hybridized carbons (Fsp3) is 0.318. The first-order chi connectivity index (χ1) is 14.6. The molecule has 1 fully saturated rings. The van der Waals surface area contributed by atoms with Gasteiger partial charge in [-0.15, -0.1) is 0 Å². The van der Waals surface area contributed by atoms with E-state index in [1.165, 1.54) is 0 Å². The van der Waals surface area contributed by atoms with E-state index < -0.39 is 23.1 Å². The number of nitrogens with one attached hydrogen (secondary N) is 1. The fourth-order valence-electron chi connectivity index (χ4n) is 4.01. The van der Waals surface area contributed by atoms with Gasteiger partial charge in [-0.25, -0.2) is 8.78 Å². The topological polar surface area (TPSA) is 67.2 Å². The lowest BCUT2D eigenvalue weighted by molar-refractivity contribution is -0.140. The lowest BCUT2D eigenvalue weighted by Gasteiger charge is -2.49. The Labute approximate surface area is 186 Å². The molecule has 1 saturated heterocycles. The average molecular weight is 491 g/mol. The third-order valence-corrected chi connectivity index (χ3v) is 6.08. The van der Waals surface area contributed by atoms with E-state index in [0.29, 0.717) is 18.8 Å². The van der Waals surface area contributed by atoms with Gasteiger partial charge in [0.1, 0.15) is 11.6 Å². The van der Waals surface area contributed by atoms with Gasteiger partial charge in [0, 0.05) is 36.1 Å². The summed E-state index contributed by atoms with van der Waals surface area (Å²) in [6.45, 7) is 4.06. The highest BCUT2D eigenvalue weighted by Gasteiger charge is 2.44. The molecule has 0 radical (unpaired) electrons. The molecule has 6 nitrogen and oxygen atoms in total. The summed E-state index contributed by atoms with van der Waals surface area (Å²) in [5.74, 6) is -2.70.